The van der Waals surface area contributed by atoms with Gasteiger partial charge in [-0.3, -0.25) is 14.4 Å². The van der Waals surface area contributed by atoms with Crippen LogP contribution < -0.4 is 21.5 Å². The maximum Gasteiger partial charge on any atom is 0.257 e. The second-order valence-electron chi connectivity index (χ2n) is 9.15. The molecule has 34 heavy (non-hydrogen) atoms. The average Bonchev–Trinajstić information content (AvgIpc) is 3.49. The number of rotatable bonds is 8. The van der Waals surface area contributed by atoms with Crippen molar-refractivity contribution in [2.24, 2.45) is 0 Å². The Balaban J connectivity index is 1.59. The lowest BCUT2D eigenvalue weighted by molar-refractivity contribution is 0.0790. The van der Waals surface area contributed by atoms with E-state index < -0.39 is 10.9 Å². The van der Waals surface area contributed by atoms with E-state index in [1.165, 1.54) is 0 Å². The topological polar surface area (TPSA) is 112 Å². The number of likely N-dealkylation sites (tertiary alicyclic amines) is 1. The van der Waals surface area contributed by atoms with Crippen molar-refractivity contribution in [3.8, 4) is 5.75 Å². The second kappa shape index (κ2) is 9.37. The van der Waals surface area contributed by atoms with Crippen molar-refractivity contribution in [1.82, 2.24) is 4.90 Å². The van der Waals surface area contributed by atoms with Crippen LogP contribution in [0.1, 0.15) is 79.4 Å². The summed E-state index contributed by atoms with van der Waals surface area (Å²) in [4.78, 5) is 39.2. The smallest absolute Gasteiger partial charge is 0.257 e. The Bertz CT molecular complexity index is 1280. The fourth-order valence-electron chi connectivity index (χ4n) is 4.50. The third-order valence-electron chi connectivity index (χ3n) is 6.50. The number of para-hydroxylation sites is 1. The molecule has 1 aliphatic rings. The summed E-state index contributed by atoms with van der Waals surface area (Å²) in [7, 11) is 0. The van der Waals surface area contributed by atoms with E-state index in [9.17, 15) is 19.5 Å². The van der Waals surface area contributed by atoms with Gasteiger partial charge in [-0.05, 0) is 55.9 Å². The minimum Gasteiger partial charge on any atom is -0.505 e. The second-order valence-corrected chi connectivity index (χ2v) is 9.15. The number of furan rings is 1. The summed E-state index contributed by atoms with van der Waals surface area (Å²) in [5.74, 6) is 1.34. The third kappa shape index (κ3) is 4.20. The largest absolute Gasteiger partial charge is 0.505 e. The third-order valence-corrected chi connectivity index (χ3v) is 6.50. The molecule has 0 radical (unpaired) electrons. The Hall–Kier alpha value is -3.55. The van der Waals surface area contributed by atoms with Crippen LogP contribution >= 0.6 is 0 Å². The van der Waals surface area contributed by atoms with Gasteiger partial charge in [0.15, 0.2) is 5.75 Å². The van der Waals surface area contributed by atoms with Crippen LogP contribution in [-0.2, 0) is 0 Å². The Morgan fingerprint density at radius 3 is 2.44 bits per heavy atom. The average molecular weight is 466 g/mol. The molecule has 2 aromatic carbocycles. The van der Waals surface area contributed by atoms with Crippen LogP contribution in [0.25, 0.3) is 0 Å². The van der Waals surface area contributed by atoms with Crippen molar-refractivity contribution in [1.29, 1.82) is 0 Å². The number of anilines is 3. The van der Waals surface area contributed by atoms with Gasteiger partial charge in [0.2, 0.25) is 0 Å². The van der Waals surface area contributed by atoms with E-state index in [4.69, 9.17) is 4.42 Å². The quantitative estimate of drug-likeness (QED) is 0.330. The first-order valence-corrected chi connectivity index (χ1v) is 11.8. The number of amides is 1. The first kappa shape index (κ1) is 23.6. The first-order chi connectivity index (χ1) is 16.2. The number of hydrogen-bond acceptors (Lipinski definition) is 7. The van der Waals surface area contributed by atoms with E-state index >= 15 is 0 Å². The highest BCUT2D eigenvalue weighted by Gasteiger charge is 2.28. The number of phenols is 1. The monoisotopic (exact) mass is 465 g/mol. The Kier molecular flexibility index (Phi) is 6.50. The van der Waals surface area contributed by atoms with Crippen molar-refractivity contribution in [2.45, 2.75) is 58.9 Å². The summed E-state index contributed by atoms with van der Waals surface area (Å²) in [6, 6.07) is 6.45. The summed E-state index contributed by atoms with van der Waals surface area (Å²) in [6.07, 6.45) is 2.51. The Morgan fingerprint density at radius 1 is 1.15 bits per heavy atom. The van der Waals surface area contributed by atoms with Crippen LogP contribution in [0.15, 0.2) is 38.3 Å². The van der Waals surface area contributed by atoms with Crippen molar-refractivity contribution in [3.05, 3.63) is 67.4 Å². The van der Waals surface area contributed by atoms with Gasteiger partial charge in [0, 0.05) is 13.1 Å². The highest BCUT2D eigenvalue weighted by molar-refractivity contribution is 5.99. The number of nitrogens with zero attached hydrogens (tertiary/aromatic N) is 1. The molecular weight excluding hydrogens is 434 g/mol. The van der Waals surface area contributed by atoms with Crippen molar-refractivity contribution >= 4 is 23.0 Å². The number of phenolic OH excluding ortho intramolecular Hbond substituents is 1. The zero-order valence-corrected chi connectivity index (χ0v) is 20.0. The molecule has 0 aliphatic carbocycles. The molecule has 3 N–H and O–H groups in total. The molecule has 180 valence electrons. The predicted molar refractivity (Wildman–Crippen MR) is 132 cm³/mol. The number of carbonyl (C=O) groups is 1. The van der Waals surface area contributed by atoms with Gasteiger partial charge >= 0.3 is 0 Å². The van der Waals surface area contributed by atoms with Crippen molar-refractivity contribution in [3.63, 3.8) is 0 Å². The van der Waals surface area contributed by atoms with Gasteiger partial charge < -0.3 is 25.1 Å². The highest BCUT2D eigenvalue weighted by atomic mass is 16.3. The Labute approximate surface area is 198 Å². The molecule has 1 amide bonds. The molecular formula is C26H31N3O5. The van der Waals surface area contributed by atoms with Gasteiger partial charge in [0.1, 0.15) is 22.9 Å². The molecule has 0 bridgehead atoms. The van der Waals surface area contributed by atoms with E-state index in [1.54, 1.807) is 23.1 Å². The summed E-state index contributed by atoms with van der Waals surface area (Å²) in [5, 5.41) is 16.8. The fraction of sp³-hybridized carbons (Fsp3) is 0.423. The van der Waals surface area contributed by atoms with Crippen molar-refractivity contribution < 1.29 is 14.3 Å². The Morgan fingerprint density at radius 2 is 1.82 bits per heavy atom. The lowest BCUT2D eigenvalue weighted by Crippen LogP contribution is -2.37. The van der Waals surface area contributed by atoms with E-state index in [2.05, 4.69) is 24.5 Å². The van der Waals surface area contributed by atoms with E-state index in [0.29, 0.717) is 31.2 Å². The van der Waals surface area contributed by atoms with E-state index in [1.807, 2.05) is 19.9 Å². The summed E-state index contributed by atoms with van der Waals surface area (Å²) < 4.78 is 5.94. The number of carbonyl (C=O) groups excluding carboxylic acids is 1. The molecule has 1 atom stereocenters. The summed E-state index contributed by atoms with van der Waals surface area (Å²) in [5.41, 5.74) is 0.374. The van der Waals surface area contributed by atoms with Crippen LogP contribution in [0, 0.1) is 6.92 Å². The zero-order chi connectivity index (χ0) is 24.6. The molecule has 4 rings (SSSR count). The molecule has 0 spiro atoms. The van der Waals surface area contributed by atoms with Crippen LogP contribution in [-0.4, -0.2) is 29.0 Å². The molecule has 0 unspecified atom stereocenters. The van der Waals surface area contributed by atoms with Gasteiger partial charge in [-0.25, -0.2) is 0 Å². The number of nitrogens with one attached hydrogen (secondary N) is 2. The molecule has 2 heterocycles. The lowest BCUT2D eigenvalue weighted by atomic mass is 10.0. The fourth-order valence-corrected chi connectivity index (χ4v) is 4.50. The first-order valence-electron chi connectivity index (χ1n) is 11.8. The highest BCUT2D eigenvalue weighted by Crippen LogP contribution is 2.35. The molecule has 1 saturated heterocycles. The maximum absolute atomic E-state index is 12.8. The summed E-state index contributed by atoms with van der Waals surface area (Å²) >= 11 is 0. The minimum atomic E-state index is -0.675. The van der Waals surface area contributed by atoms with Crippen LogP contribution in [0.2, 0.25) is 0 Å². The molecule has 0 saturated carbocycles. The molecule has 1 aliphatic heterocycles. The normalized spacial score (nSPS) is 14.7. The van der Waals surface area contributed by atoms with Crippen LogP contribution in [0.3, 0.4) is 0 Å². The lowest BCUT2D eigenvalue weighted by Gasteiger charge is -2.21. The van der Waals surface area contributed by atoms with E-state index in [-0.39, 0.29) is 40.3 Å². The predicted octanol–water partition coefficient (Wildman–Crippen LogP) is 4.56. The molecule has 8 nitrogen and oxygen atoms in total. The van der Waals surface area contributed by atoms with Crippen LogP contribution in [0.5, 0.6) is 5.75 Å². The molecule has 8 heteroatoms. The number of hydrogen-bond donors (Lipinski definition) is 3. The van der Waals surface area contributed by atoms with Gasteiger partial charge in [0.05, 0.1) is 17.3 Å². The van der Waals surface area contributed by atoms with Gasteiger partial charge in [-0.2, -0.15) is 0 Å². The minimum absolute atomic E-state index is 0.0666. The standard InChI is InChI=1S/C26H31N3O5/c1-5-18(20-13-17(14(2)3)15(4)34-20)27-21-22(25(32)24(21)31)28-19-10-8-9-16(23(19)30)26(33)29-11-6-7-12-29/h8-10,13-14,18,27-28,30H,5-7,11-12H2,1-4H3/t18-/m1/s1. The van der Waals surface area contributed by atoms with Gasteiger partial charge in [0.25, 0.3) is 16.8 Å². The number of aryl methyl sites for hydroxylation is 1. The number of benzene rings is 1. The zero-order valence-electron chi connectivity index (χ0n) is 20.0. The van der Waals surface area contributed by atoms with Crippen molar-refractivity contribution in [2.75, 3.05) is 23.7 Å². The maximum atomic E-state index is 12.8. The van der Waals surface area contributed by atoms with Gasteiger partial charge in [-0.1, -0.05) is 26.8 Å². The molecule has 1 aromatic heterocycles. The van der Waals surface area contributed by atoms with E-state index in [0.717, 1.165) is 24.2 Å². The van der Waals surface area contributed by atoms with Gasteiger partial charge in [-0.15, -0.1) is 0 Å². The summed E-state index contributed by atoms with van der Waals surface area (Å²) in [6.45, 7) is 9.36. The number of aromatic hydroxyl groups is 1. The molecule has 3 aromatic rings. The molecule has 1 fully saturated rings. The SMILES string of the molecule is CC[C@@H](Nc1c(Nc2cccc(C(=O)N3CCCC3)c2O)c(=O)c1=O)c1cc(C(C)C)c(C)o1. The van der Waals surface area contributed by atoms with Crippen LogP contribution in [0.4, 0.5) is 17.1 Å².